The van der Waals surface area contributed by atoms with E-state index in [0.29, 0.717) is 17.7 Å². The number of methoxy groups -OCH3 is 2. The lowest BCUT2D eigenvalue weighted by atomic mass is 10.1. The molecule has 0 spiro atoms. The average molecular weight is 429 g/mol. The van der Waals surface area contributed by atoms with Crippen molar-refractivity contribution in [3.63, 3.8) is 0 Å². The van der Waals surface area contributed by atoms with Gasteiger partial charge in [0.15, 0.2) is 11.6 Å². The van der Waals surface area contributed by atoms with Crippen LogP contribution in [0.2, 0.25) is 0 Å². The molecule has 30 heavy (non-hydrogen) atoms. The van der Waals surface area contributed by atoms with Crippen LogP contribution in [0.15, 0.2) is 12.1 Å². The maximum atomic E-state index is 13.7. The molecule has 0 aliphatic rings. The summed E-state index contributed by atoms with van der Waals surface area (Å²) in [5.74, 6) is -1.39. The van der Waals surface area contributed by atoms with Crippen molar-refractivity contribution in [2.75, 3.05) is 27.6 Å². The molecule has 0 heterocycles. The van der Waals surface area contributed by atoms with Crippen LogP contribution in [0.25, 0.3) is 0 Å². The first-order chi connectivity index (χ1) is 14.1. The lowest BCUT2D eigenvalue weighted by Gasteiger charge is -2.19. The number of carbonyl (C=O) groups is 3. The normalized spacial score (nSPS) is 10.7. The minimum atomic E-state index is -0.803. The fraction of sp³-hybridized carbons (Fsp3) is 0.550. The van der Waals surface area contributed by atoms with Crippen molar-refractivity contribution in [1.29, 1.82) is 0 Å². The third-order valence-corrected chi connectivity index (χ3v) is 3.58. The molecule has 0 saturated carbocycles. The summed E-state index contributed by atoms with van der Waals surface area (Å²) in [6, 6.07) is 2.68. The van der Waals surface area contributed by atoms with Crippen LogP contribution in [-0.2, 0) is 30.2 Å². The summed E-state index contributed by atoms with van der Waals surface area (Å²) in [5.41, 5.74) is -0.00440. The van der Waals surface area contributed by atoms with Gasteiger partial charge >= 0.3 is 18.0 Å². The lowest BCUT2D eigenvalue weighted by molar-refractivity contribution is -0.160. The smallest absolute Gasteiger partial charge is 0.410 e. The molecular weight excluding hydrogens is 401 g/mol. The van der Waals surface area contributed by atoms with E-state index in [1.807, 2.05) is 0 Å². The molecule has 0 unspecified atom stereocenters. The van der Waals surface area contributed by atoms with Crippen molar-refractivity contribution in [3.8, 4) is 11.5 Å². The van der Waals surface area contributed by atoms with Gasteiger partial charge in [-0.25, -0.2) is 9.18 Å². The average Bonchev–Trinajstić information content (AvgIpc) is 2.65. The van der Waals surface area contributed by atoms with Gasteiger partial charge in [0.2, 0.25) is 6.79 Å². The molecule has 1 rings (SSSR count). The van der Waals surface area contributed by atoms with Crippen molar-refractivity contribution in [2.45, 2.75) is 45.6 Å². The molecule has 0 aromatic heterocycles. The molecule has 9 nitrogen and oxygen atoms in total. The Bertz CT molecular complexity index is 745. The first-order valence-corrected chi connectivity index (χ1v) is 9.24. The predicted molar refractivity (Wildman–Crippen MR) is 104 cm³/mol. The number of hydrogen-bond acceptors (Lipinski definition) is 8. The van der Waals surface area contributed by atoms with Crippen LogP contribution < -0.4 is 14.8 Å². The molecule has 0 fully saturated rings. The number of benzene rings is 1. The number of nitrogens with one attached hydrogen (secondary N) is 1. The zero-order valence-electron chi connectivity index (χ0n) is 17.8. The highest BCUT2D eigenvalue weighted by molar-refractivity contribution is 5.77. The summed E-state index contributed by atoms with van der Waals surface area (Å²) >= 11 is 0. The molecule has 1 N–H and O–H groups in total. The Balaban J connectivity index is 2.30. The summed E-state index contributed by atoms with van der Waals surface area (Å²) in [7, 11) is 2.75. The number of esters is 2. The molecule has 0 aliphatic carbocycles. The number of carbonyl (C=O) groups excluding carboxylic acids is 3. The Kier molecular flexibility index (Phi) is 9.87. The topological polar surface area (TPSA) is 109 Å². The number of alkyl carbamates (subject to hydrolysis) is 1. The summed E-state index contributed by atoms with van der Waals surface area (Å²) in [6.45, 7) is 4.73. The van der Waals surface area contributed by atoms with Crippen molar-refractivity contribution in [3.05, 3.63) is 23.5 Å². The second kappa shape index (κ2) is 11.8. The molecule has 168 valence electrons. The molecular formula is C20H28FNO8. The minimum absolute atomic E-state index is 0.0617. The first-order valence-electron chi connectivity index (χ1n) is 9.24. The Labute approximate surface area is 174 Å². The van der Waals surface area contributed by atoms with Crippen LogP contribution in [0.3, 0.4) is 0 Å². The highest BCUT2D eigenvalue weighted by Gasteiger charge is 2.17. The largest absolute Gasteiger partial charge is 0.496 e. The molecule has 10 heteroatoms. The van der Waals surface area contributed by atoms with Crippen molar-refractivity contribution in [2.24, 2.45) is 0 Å². The minimum Gasteiger partial charge on any atom is -0.496 e. The predicted octanol–water partition coefficient (Wildman–Crippen LogP) is 2.73. The molecule has 1 amide bonds. The highest BCUT2D eigenvalue weighted by Crippen LogP contribution is 2.27. The maximum Gasteiger partial charge on any atom is 0.410 e. The van der Waals surface area contributed by atoms with Crippen molar-refractivity contribution in [1.82, 2.24) is 5.32 Å². The number of ether oxygens (including phenoxy) is 5. The van der Waals surface area contributed by atoms with E-state index in [1.165, 1.54) is 26.4 Å². The van der Waals surface area contributed by atoms with Crippen LogP contribution in [0.4, 0.5) is 9.18 Å². The second-order valence-corrected chi connectivity index (χ2v) is 7.13. The Morgan fingerprint density at radius 2 is 1.60 bits per heavy atom. The first kappa shape index (κ1) is 25.0. The molecule has 0 bridgehead atoms. The van der Waals surface area contributed by atoms with Crippen LogP contribution in [0.5, 0.6) is 11.5 Å². The molecule has 0 aliphatic heterocycles. The fourth-order valence-corrected chi connectivity index (χ4v) is 2.29. The number of rotatable bonds is 10. The van der Waals surface area contributed by atoms with Gasteiger partial charge in [-0.1, -0.05) is 0 Å². The Morgan fingerprint density at radius 3 is 2.20 bits per heavy atom. The second-order valence-electron chi connectivity index (χ2n) is 7.13. The Morgan fingerprint density at radius 1 is 0.967 bits per heavy atom. The highest BCUT2D eigenvalue weighted by atomic mass is 19.1. The summed E-state index contributed by atoms with van der Waals surface area (Å²) in [6.07, 6.45) is -0.801. The van der Waals surface area contributed by atoms with Gasteiger partial charge in [0.05, 0.1) is 27.1 Å². The molecule has 1 aromatic carbocycles. The molecule has 0 atom stereocenters. The van der Waals surface area contributed by atoms with Gasteiger partial charge in [0, 0.05) is 12.6 Å². The maximum absolute atomic E-state index is 13.7. The third-order valence-electron chi connectivity index (χ3n) is 3.58. The zero-order valence-corrected chi connectivity index (χ0v) is 17.8. The van der Waals surface area contributed by atoms with Gasteiger partial charge < -0.3 is 29.0 Å². The third kappa shape index (κ3) is 9.44. The SMILES string of the molecule is COc1cc(CCNC(=O)OCOC(=O)CCC(=O)OC(C)(C)C)c(OC)cc1F. The summed E-state index contributed by atoms with van der Waals surface area (Å²) in [5, 5.41) is 2.47. The van der Waals surface area contributed by atoms with E-state index in [-0.39, 0.29) is 25.1 Å². The van der Waals surface area contributed by atoms with Gasteiger partial charge in [0.25, 0.3) is 0 Å². The molecule has 0 saturated heterocycles. The van der Waals surface area contributed by atoms with Gasteiger partial charge in [-0.05, 0) is 38.8 Å². The van der Waals surface area contributed by atoms with Crippen LogP contribution in [-0.4, -0.2) is 51.2 Å². The van der Waals surface area contributed by atoms with E-state index in [0.717, 1.165) is 0 Å². The monoisotopic (exact) mass is 429 g/mol. The van der Waals surface area contributed by atoms with E-state index in [4.69, 9.17) is 23.7 Å². The summed E-state index contributed by atoms with van der Waals surface area (Å²) in [4.78, 5) is 34.7. The van der Waals surface area contributed by atoms with Gasteiger partial charge in [0.1, 0.15) is 11.4 Å². The van der Waals surface area contributed by atoms with Gasteiger partial charge in [-0.15, -0.1) is 0 Å². The number of hydrogen-bond donors (Lipinski definition) is 1. The number of halogens is 1. The van der Waals surface area contributed by atoms with E-state index >= 15 is 0 Å². The van der Waals surface area contributed by atoms with Crippen molar-refractivity contribution >= 4 is 18.0 Å². The van der Waals surface area contributed by atoms with Gasteiger partial charge in [-0.3, -0.25) is 9.59 Å². The van der Waals surface area contributed by atoms with Crippen LogP contribution >= 0.6 is 0 Å². The van der Waals surface area contributed by atoms with E-state index in [2.05, 4.69) is 5.32 Å². The van der Waals surface area contributed by atoms with Crippen LogP contribution in [0.1, 0.15) is 39.2 Å². The van der Waals surface area contributed by atoms with Crippen LogP contribution in [0, 0.1) is 5.82 Å². The van der Waals surface area contributed by atoms with E-state index < -0.39 is 36.2 Å². The molecule has 0 radical (unpaired) electrons. The number of amides is 1. The fourth-order valence-electron chi connectivity index (χ4n) is 2.29. The van der Waals surface area contributed by atoms with Gasteiger partial charge in [-0.2, -0.15) is 0 Å². The molecule has 1 aromatic rings. The van der Waals surface area contributed by atoms with E-state index in [1.54, 1.807) is 20.8 Å². The van der Waals surface area contributed by atoms with Crippen molar-refractivity contribution < 1.29 is 42.5 Å². The Hall–Kier alpha value is -3.04. The zero-order chi connectivity index (χ0) is 22.7. The van der Waals surface area contributed by atoms with E-state index in [9.17, 15) is 18.8 Å². The summed E-state index contributed by atoms with van der Waals surface area (Å²) < 4.78 is 38.3. The standard InChI is InChI=1S/C20H28FNO8/c1-20(2,3)30-18(24)7-6-17(23)28-12-29-19(25)22-9-8-13-10-16(27-5)14(21)11-15(13)26-4/h10-11H,6-9,12H2,1-5H3,(H,22,25). The lowest BCUT2D eigenvalue weighted by Crippen LogP contribution is -2.28. The quantitative estimate of drug-likeness (QED) is 0.447.